The van der Waals surface area contributed by atoms with Gasteiger partial charge in [0, 0.05) is 13.1 Å². The summed E-state index contributed by atoms with van der Waals surface area (Å²) in [5.74, 6) is 0. The summed E-state index contributed by atoms with van der Waals surface area (Å²) < 4.78 is 0. The standard InChI is InChI=1S/C8H14N4S/c1-6(9)7-10-11-8(13-7)12-4-2-3-5-12/h6H,2-5,9H2,1H3. The van der Waals surface area contributed by atoms with Crippen molar-refractivity contribution >= 4 is 16.5 Å². The van der Waals surface area contributed by atoms with Gasteiger partial charge in [0.1, 0.15) is 5.01 Å². The molecule has 1 atom stereocenters. The van der Waals surface area contributed by atoms with Crippen molar-refractivity contribution in [2.75, 3.05) is 18.0 Å². The second-order valence-electron chi connectivity index (χ2n) is 3.41. The van der Waals surface area contributed by atoms with Gasteiger partial charge in [-0.25, -0.2) is 0 Å². The van der Waals surface area contributed by atoms with Gasteiger partial charge >= 0.3 is 0 Å². The van der Waals surface area contributed by atoms with Crippen molar-refractivity contribution in [1.82, 2.24) is 10.2 Å². The number of anilines is 1. The highest BCUT2D eigenvalue weighted by molar-refractivity contribution is 7.15. The monoisotopic (exact) mass is 198 g/mol. The average molecular weight is 198 g/mol. The highest BCUT2D eigenvalue weighted by Gasteiger charge is 2.17. The van der Waals surface area contributed by atoms with Gasteiger partial charge in [-0.05, 0) is 19.8 Å². The zero-order chi connectivity index (χ0) is 9.26. The maximum absolute atomic E-state index is 5.72. The van der Waals surface area contributed by atoms with Crippen LogP contribution in [0.15, 0.2) is 0 Å². The van der Waals surface area contributed by atoms with Crippen LogP contribution in [-0.4, -0.2) is 23.3 Å². The first-order valence-corrected chi connectivity index (χ1v) is 5.43. The molecule has 1 aromatic heterocycles. The van der Waals surface area contributed by atoms with E-state index in [0.717, 1.165) is 23.2 Å². The Balaban J connectivity index is 2.12. The fraction of sp³-hybridized carbons (Fsp3) is 0.750. The normalized spacial score (nSPS) is 19.4. The van der Waals surface area contributed by atoms with E-state index in [2.05, 4.69) is 15.1 Å². The quantitative estimate of drug-likeness (QED) is 0.774. The molecule has 1 aromatic rings. The van der Waals surface area contributed by atoms with Crippen molar-refractivity contribution in [1.29, 1.82) is 0 Å². The van der Waals surface area contributed by atoms with Crippen molar-refractivity contribution in [3.05, 3.63) is 5.01 Å². The molecule has 0 amide bonds. The van der Waals surface area contributed by atoms with Crippen LogP contribution in [0.1, 0.15) is 30.8 Å². The van der Waals surface area contributed by atoms with Crippen molar-refractivity contribution < 1.29 is 0 Å². The van der Waals surface area contributed by atoms with Crippen molar-refractivity contribution in [3.8, 4) is 0 Å². The lowest BCUT2D eigenvalue weighted by molar-refractivity contribution is 0.783. The first-order valence-electron chi connectivity index (χ1n) is 4.61. The average Bonchev–Trinajstić information content (AvgIpc) is 2.75. The molecule has 72 valence electrons. The third-order valence-electron chi connectivity index (χ3n) is 2.20. The predicted molar refractivity (Wildman–Crippen MR) is 54.0 cm³/mol. The zero-order valence-corrected chi connectivity index (χ0v) is 8.55. The number of rotatable bonds is 2. The summed E-state index contributed by atoms with van der Waals surface area (Å²) in [7, 11) is 0. The third-order valence-corrected chi connectivity index (χ3v) is 3.38. The summed E-state index contributed by atoms with van der Waals surface area (Å²) in [6.07, 6.45) is 2.54. The maximum Gasteiger partial charge on any atom is 0.208 e. The van der Waals surface area contributed by atoms with Crippen LogP contribution < -0.4 is 10.6 Å². The number of hydrogen-bond donors (Lipinski definition) is 1. The van der Waals surface area contributed by atoms with Gasteiger partial charge in [-0.2, -0.15) is 0 Å². The van der Waals surface area contributed by atoms with Crippen LogP contribution in [0.5, 0.6) is 0 Å². The molecule has 0 spiro atoms. The minimum absolute atomic E-state index is 0.00820. The van der Waals surface area contributed by atoms with E-state index >= 15 is 0 Å². The van der Waals surface area contributed by atoms with Crippen LogP contribution in [-0.2, 0) is 0 Å². The van der Waals surface area contributed by atoms with Gasteiger partial charge in [-0.3, -0.25) is 0 Å². The van der Waals surface area contributed by atoms with Crippen molar-refractivity contribution in [2.45, 2.75) is 25.8 Å². The summed E-state index contributed by atoms with van der Waals surface area (Å²) in [5, 5.41) is 10.2. The van der Waals surface area contributed by atoms with Gasteiger partial charge < -0.3 is 10.6 Å². The van der Waals surface area contributed by atoms with E-state index in [0.29, 0.717) is 0 Å². The lowest BCUT2D eigenvalue weighted by Crippen LogP contribution is -2.17. The van der Waals surface area contributed by atoms with Gasteiger partial charge in [0.15, 0.2) is 0 Å². The molecule has 5 heteroatoms. The Morgan fingerprint density at radius 3 is 2.62 bits per heavy atom. The molecular formula is C8H14N4S. The Hall–Kier alpha value is -0.680. The van der Waals surface area contributed by atoms with E-state index in [4.69, 9.17) is 5.73 Å². The van der Waals surface area contributed by atoms with Crippen molar-refractivity contribution in [3.63, 3.8) is 0 Å². The number of nitrogens with two attached hydrogens (primary N) is 1. The fourth-order valence-electron chi connectivity index (χ4n) is 1.45. The SMILES string of the molecule is CC(N)c1nnc(N2CCCC2)s1. The summed E-state index contributed by atoms with van der Waals surface area (Å²) in [6.45, 7) is 4.18. The first-order chi connectivity index (χ1) is 6.27. The van der Waals surface area contributed by atoms with E-state index < -0.39 is 0 Å². The molecule has 2 heterocycles. The molecule has 0 saturated carbocycles. The minimum Gasteiger partial charge on any atom is -0.347 e. The molecule has 1 unspecified atom stereocenters. The summed E-state index contributed by atoms with van der Waals surface area (Å²) in [5.41, 5.74) is 5.72. The van der Waals surface area contributed by atoms with Gasteiger partial charge in [0.25, 0.3) is 0 Å². The zero-order valence-electron chi connectivity index (χ0n) is 7.73. The molecule has 1 aliphatic heterocycles. The van der Waals surface area contributed by atoms with Crippen LogP contribution in [0.4, 0.5) is 5.13 Å². The fourth-order valence-corrected chi connectivity index (χ4v) is 2.29. The number of nitrogens with zero attached hydrogens (tertiary/aromatic N) is 3. The molecule has 0 aliphatic carbocycles. The summed E-state index contributed by atoms with van der Waals surface area (Å²) >= 11 is 1.62. The topological polar surface area (TPSA) is 55.0 Å². The molecule has 1 aliphatic rings. The largest absolute Gasteiger partial charge is 0.347 e. The second-order valence-corrected chi connectivity index (χ2v) is 4.39. The molecule has 0 aromatic carbocycles. The highest BCUT2D eigenvalue weighted by atomic mass is 32.1. The first kappa shape index (κ1) is 8.90. The van der Waals surface area contributed by atoms with E-state index in [-0.39, 0.29) is 6.04 Å². The Kier molecular flexibility index (Phi) is 2.46. The van der Waals surface area contributed by atoms with Crippen LogP contribution >= 0.6 is 11.3 Å². The molecular weight excluding hydrogens is 184 g/mol. The Morgan fingerprint density at radius 1 is 1.38 bits per heavy atom. The van der Waals surface area contributed by atoms with E-state index in [1.807, 2.05) is 6.92 Å². The molecule has 2 N–H and O–H groups in total. The molecule has 4 nitrogen and oxygen atoms in total. The molecule has 13 heavy (non-hydrogen) atoms. The summed E-state index contributed by atoms with van der Waals surface area (Å²) in [4.78, 5) is 2.28. The van der Waals surface area contributed by atoms with Crippen molar-refractivity contribution in [2.24, 2.45) is 5.73 Å². The lowest BCUT2D eigenvalue weighted by atomic mass is 10.4. The van der Waals surface area contributed by atoms with Crippen LogP contribution in [0.25, 0.3) is 0 Å². The molecule has 0 radical (unpaired) electrons. The molecule has 1 saturated heterocycles. The predicted octanol–water partition coefficient (Wildman–Crippen LogP) is 1.16. The van der Waals surface area contributed by atoms with E-state index in [9.17, 15) is 0 Å². The Bertz CT molecular complexity index is 277. The van der Waals surface area contributed by atoms with Gasteiger partial charge in [0.05, 0.1) is 6.04 Å². The van der Waals surface area contributed by atoms with Gasteiger partial charge in [-0.15, -0.1) is 10.2 Å². The molecule has 0 bridgehead atoms. The number of aromatic nitrogens is 2. The molecule has 2 rings (SSSR count). The third kappa shape index (κ3) is 1.81. The maximum atomic E-state index is 5.72. The van der Waals surface area contributed by atoms with E-state index in [1.165, 1.54) is 12.8 Å². The van der Waals surface area contributed by atoms with Gasteiger partial charge in [0.2, 0.25) is 5.13 Å². The number of hydrogen-bond acceptors (Lipinski definition) is 5. The van der Waals surface area contributed by atoms with Gasteiger partial charge in [-0.1, -0.05) is 11.3 Å². The summed E-state index contributed by atoms with van der Waals surface area (Å²) in [6, 6.07) is 0.00820. The minimum atomic E-state index is 0.00820. The Labute approximate surface area is 81.8 Å². The smallest absolute Gasteiger partial charge is 0.208 e. The lowest BCUT2D eigenvalue weighted by Gasteiger charge is -2.11. The van der Waals surface area contributed by atoms with E-state index in [1.54, 1.807) is 11.3 Å². The highest BCUT2D eigenvalue weighted by Crippen LogP contribution is 2.26. The van der Waals surface area contributed by atoms with Crippen LogP contribution in [0.2, 0.25) is 0 Å². The molecule has 1 fully saturated rings. The van der Waals surface area contributed by atoms with Crippen LogP contribution in [0, 0.1) is 0 Å². The van der Waals surface area contributed by atoms with Crippen LogP contribution in [0.3, 0.4) is 0 Å². The second kappa shape index (κ2) is 3.59. The Morgan fingerprint density at radius 2 is 2.08 bits per heavy atom.